The van der Waals surface area contributed by atoms with Crippen molar-refractivity contribution in [1.82, 2.24) is 4.90 Å². The molecule has 7 nitrogen and oxygen atoms in total. The van der Waals surface area contributed by atoms with Crippen molar-refractivity contribution in [2.24, 2.45) is 4.99 Å². The number of ether oxygens (including phenoxy) is 1. The maximum atomic E-state index is 13.0. The maximum Gasteiger partial charge on any atom is 0.335 e. The minimum absolute atomic E-state index is 0.167. The third-order valence-corrected chi connectivity index (χ3v) is 6.62. The molecule has 3 aromatic carbocycles. The van der Waals surface area contributed by atoms with Crippen LogP contribution in [0.2, 0.25) is 5.02 Å². The molecule has 0 saturated carbocycles. The average Bonchev–Trinajstić information content (AvgIpc) is 3.17. The smallest absolute Gasteiger partial charge is 0.335 e. The first-order valence-electron chi connectivity index (χ1n) is 10.9. The molecule has 0 atom stereocenters. The third kappa shape index (κ3) is 5.60. The van der Waals surface area contributed by atoms with E-state index in [1.165, 1.54) is 23.9 Å². The van der Waals surface area contributed by atoms with Gasteiger partial charge in [-0.2, -0.15) is 5.26 Å². The summed E-state index contributed by atoms with van der Waals surface area (Å²) < 4.78 is 5.81. The first kappa shape index (κ1) is 25.0. The van der Waals surface area contributed by atoms with Gasteiger partial charge < -0.3 is 9.84 Å². The van der Waals surface area contributed by atoms with Gasteiger partial charge in [0.1, 0.15) is 12.4 Å². The molecular weight excluding hydrogens is 498 g/mol. The van der Waals surface area contributed by atoms with Crippen LogP contribution in [-0.2, 0) is 11.4 Å². The number of carbonyl (C=O) groups is 2. The van der Waals surface area contributed by atoms with Crippen LogP contribution in [0.4, 0.5) is 5.69 Å². The normalized spacial score (nSPS) is 15.4. The molecule has 3 aromatic rings. The zero-order chi connectivity index (χ0) is 25.7. The number of amides is 1. The number of benzene rings is 3. The number of carbonyl (C=O) groups excluding carboxylic acids is 1. The predicted octanol–water partition coefficient (Wildman–Crippen LogP) is 6.11. The number of nitriles is 1. The van der Waals surface area contributed by atoms with Crippen molar-refractivity contribution in [2.45, 2.75) is 13.5 Å². The number of aromatic carboxylic acids is 1. The van der Waals surface area contributed by atoms with E-state index in [1.807, 2.05) is 19.1 Å². The van der Waals surface area contributed by atoms with Gasteiger partial charge in [-0.25, -0.2) is 9.79 Å². The Hall–Kier alpha value is -4.06. The summed E-state index contributed by atoms with van der Waals surface area (Å²) in [5.74, 6) is -0.714. The molecule has 1 amide bonds. The standard InChI is InChI=1S/C27H20ClN3O4S/c1-2-31-25(32)24(36-27(31)30-21-10-8-18(9-11-21)26(33)34)14-17-7-12-23(22(28)13-17)35-16-20-6-4-3-5-19(20)15-29/h3-14H,2,16H2,1H3,(H,33,34)/b24-14-,30-27?. The number of thioether (sulfide) groups is 1. The van der Waals surface area contributed by atoms with Crippen LogP contribution in [0.15, 0.2) is 76.6 Å². The Kier molecular flexibility index (Phi) is 7.74. The van der Waals surface area contributed by atoms with Gasteiger partial charge in [-0.3, -0.25) is 9.69 Å². The summed E-state index contributed by atoms with van der Waals surface area (Å²) in [6.07, 6.45) is 1.74. The van der Waals surface area contributed by atoms with Gasteiger partial charge in [-0.05, 0) is 72.8 Å². The zero-order valence-corrected chi connectivity index (χ0v) is 20.7. The molecule has 9 heteroatoms. The molecule has 1 aliphatic heterocycles. The number of carboxylic acids is 1. The Balaban J connectivity index is 1.51. The lowest BCUT2D eigenvalue weighted by Gasteiger charge is -2.12. The molecule has 0 bridgehead atoms. The Morgan fingerprint density at radius 1 is 1.19 bits per heavy atom. The van der Waals surface area contributed by atoms with Crippen LogP contribution >= 0.6 is 23.4 Å². The predicted molar refractivity (Wildman–Crippen MR) is 140 cm³/mol. The summed E-state index contributed by atoms with van der Waals surface area (Å²) in [5.41, 5.74) is 2.75. The summed E-state index contributed by atoms with van der Waals surface area (Å²) in [6.45, 7) is 2.50. The lowest BCUT2D eigenvalue weighted by molar-refractivity contribution is -0.122. The summed E-state index contributed by atoms with van der Waals surface area (Å²) in [4.78, 5) is 30.6. The van der Waals surface area contributed by atoms with Gasteiger partial charge in [0.05, 0.1) is 32.8 Å². The van der Waals surface area contributed by atoms with Crippen LogP contribution in [-0.4, -0.2) is 33.6 Å². The Bertz CT molecular complexity index is 1430. The van der Waals surface area contributed by atoms with Crippen LogP contribution in [0.5, 0.6) is 5.75 Å². The molecule has 1 fully saturated rings. The monoisotopic (exact) mass is 517 g/mol. The van der Waals surface area contributed by atoms with E-state index in [-0.39, 0.29) is 18.1 Å². The van der Waals surface area contributed by atoms with Gasteiger partial charge in [0, 0.05) is 12.1 Å². The summed E-state index contributed by atoms with van der Waals surface area (Å²) in [6, 6.07) is 20.7. The van der Waals surface area contributed by atoms with Crippen molar-refractivity contribution in [1.29, 1.82) is 5.26 Å². The molecule has 0 aliphatic carbocycles. The summed E-state index contributed by atoms with van der Waals surface area (Å²) in [5, 5.41) is 19.2. The topological polar surface area (TPSA) is 103 Å². The number of rotatable bonds is 7. The van der Waals surface area contributed by atoms with Gasteiger partial charge >= 0.3 is 5.97 Å². The fourth-order valence-electron chi connectivity index (χ4n) is 3.45. The first-order valence-corrected chi connectivity index (χ1v) is 12.1. The van der Waals surface area contributed by atoms with E-state index >= 15 is 0 Å². The number of nitrogens with zero attached hydrogens (tertiary/aromatic N) is 3. The highest BCUT2D eigenvalue weighted by Crippen LogP contribution is 2.35. The minimum Gasteiger partial charge on any atom is -0.487 e. The Morgan fingerprint density at radius 3 is 2.61 bits per heavy atom. The van der Waals surface area contributed by atoms with Gasteiger partial charge in [-0.15, -0.1) is 0 Å². The van der Waals surface area contributed by atoms with E-state index in [0.29, 0.717) is 38.6 Å². The van der Waals surface area contributed by atoms with Crippen LogP contribution < -0.4 is 4.74 Å². The Labute approximate surface area is 217 Å². The molecule has 1 heterocycles. The zero-order valence-electron chi connectivity index (χ0n) is 19.1. The molecule has 1 N–H and O–H groups in total. The average molecular weight is 518 g/mol. The molecule has 1 aliphatic rings. The van der Waals surface area contributed by atoms with Crippen molar-refractivity contribution in [3.63, 3.8) is 0 Å². The summed E-state index contributed by atoms with van der Waals surface area (Å²) >= 11 is 7.67. The SMILES string of the molecule is CCN1C(=O)/C(=C/c2ccc(OCc3ccccc3C#N)c(Cl)c2)SC1=Nc1ccc(C(=O)O)cc1. The van der Waals surface area contributed by atoms with E-state index in [4.69, 9.17) is 21.4 Å². The largest absolute Gasteiger partial charge is 0.487 e. The number of hydrogen-bond donors (Lipinski definition) is 1. The lowest BCUT2D eigenvalue weighted by Crippen LogP contribution is -2.28. The minimum atomic E-state index is -1.01. The van der Waals surface area contributed by atoms with Crippen LogP contribution in [0.25, 0.3) is 6.08 Å². The summed E-state index contributed by atoms with van der Waals surface area (Å²) in [7, 11) is 0. The van der Waals surface area contributed by atoms with Crippen LogP contribution in [0, 0.1) is 11.3 Å². The first-order chi connectivity index (χ1) is 17.4. The highest BCUT2D eigenvalue weighted by atomic mass is 35.5. The second-order valence-corrected chi connectivity index (χ2v) is 9.07. The van der Waals surface area contributed by atoms with Crippen molar-refractivity contribution >= 4 is 52.2 Å². The molecule has 0 aromatic heterocycles. The number of aliphatic imine (C=N–C) groups is 1. The molecule has 0 radical (unpaired) electrons. The molecule has 4 rings (SSSR count). The van der Waals surface area contributed by atoms with Gasteiger partial charge in [0.2, 0.25) is 0 Å². The van der Waals surface area contributed by atoms with E-state index in [1.54, 1.807) is 53.4 Å². The fourth-order valence-corrected chi connectivity index (χ4v) is 4.75. The van der Waals surface area contributed by atoms with E-state index < -0.39 is 5.97 Å². The number of hydrogen-bond acceptors (Lipinski definition) is 6. The van der Waals surface area contributed by atoms with E-state index in [2.05, 4.69) is 11.1 Å². The highest BCUT2D eigenvalue weighted by molar-refractivity contribution is 8.18. The number of carboxylic acid groups (broad SMARTS) is 1. The van der Waals surface area contributed by atoms with Crippen molar-refractivity contribution in [3.8, 4) is 11.8 Å². The third-order valence-electron chi connectivity index (χ3n) is 5.32. The van der Waals surface area contributed by atoms with E-state index in [0.717, 1.165) is 11.1 Å². The van der Waals surface area contributed by atoms with E-state index in [9.17, 15) is 14.9 Å². The van der Waals surface area contributed by atoms with Gasteiger partial charge in [0.15, 0.2) is 5.17 Å². The van der Waals surface area contributed by atoms with Gasteiger partial charge in [-0.1, -0.05) is 35.9 Å². The quantitative estimate of drug-likeness (QED) is 0.379. The molecule has 180 valence electrons. The molecule has 0 spiro atoms. The van der Waals surface area contributed by atoms with Gasteiger partial charge in [0.25, 0.3) is 5.91 Å². The highest BCUT2D eigenvalue weighted by Gasteiger charge is 2.32. The van der Waals surface area contributed by atoms with Crippen molar-refractivity contribution < 1.29 is 19.4 Å². The number of likely N-dealkylation sites (N-methyl/N-ethyl adjacent to an activating group) is 1. The Morgan fingerprint density at radius 2 is 1.94 bits per heavy atom. The van der Waals surface area contributed by atoms with Crippen LogP contribution in [0.3, 0.4) is 0 Å². The van der Waals surface area contributed by atoms with Crippen LogP contribution in [0.1, 0.15) is 34.0 Å². The fraction of sp³-hybridized carbons (Fsp3) is 0.111. The number of amidine groups is 1. The lowest BCUT2D eigenvalue weighted by atomic mass is 10.1. The maximum absolute atomic E-state index is 13.0. The second kappa shape index (κ2) is 11.1. The second-order valence-electron chi connectivity index (χ2n) is 7.65. The molecule has 36 heavy (non-hydrogen) atoms. The van der Waals surface area contributed by atoms with Crippen molar-refractivity contribution in [2.75, 3.05) is 6.54 Å². The number of halogens is 1. The van der Waals surface area contributed by atoms with Crippen molar-refractivity contribution in [3.05, 3.63) is 98.9 Å². The molecular formula is C27H20ClN3O4S. The molecule has 0 unspecified atom stereocenters. The molecule has 1 saturated heterocycles.